The van der Waals surface area contributed by atoms with E-state index >= 15 is 0 Å². The summed E-state index contributed by atoms with van der Waals surface area (Å²) in [5.74, 6) is -1.33. The molecule has 2 aromatic carbocycles. The fourth-order valence-corrected chi connectivity index (χ4v) is 4.22. The molecule has 2 aliphatic rings. The number of benzene rings is 2. The molecule has 2 aromatic rings. The Labute approximate surface area is 174 Å². The molecular weight excluding hydrogens is 384 g/mol. The maximum atomic E-state index is 13.3. The molecule has 7 nitrogen and oxygen atoms in total. The van der Waals surface area contributed by atoms with Gasteiger partial charge in [-0.05, 0) is 29.5 Å². The number of hydrogen-bond donors (Lipinski definition) is 1. The molecule has 1 N–H and O–H groups in total. The highest BCUT2D eigenvalue weighted by atomic mass is 16.6. The number of ether oxygens (including phenoxy) is 1. The lowest BCUT2D eigenvalue weighted by Gasteiger charge is -2.37. The van der Waals surface area contributed by atoms with Crippen molar-refractivity contribution in [2.45, 2.75) is 44.5 Å². The summed E-state index contributed by atoms with van der Waals surface area (Å²) in [6.45, 7) is 0.757. The summed E-state index contributed by atoms with van der Waals surface area (Å²) in [5.41, 5.74) is 2.82. The topological polar surface area (TPSA) is 87.2 Å². The van der Waals surface area contributed by atoms with Crippen LogP contribution in [0.2, 0.25) is 0 Å². The van der Waals surface area contributed by atoms with E-state index in [1.165, 1.54) is 9.80 Å². The zero-order valence-electron chi connectivity index (χ0n) is 16.6. The number of carboxylic acids is 1. The van der Waals surface area contributed by atoms with E-state index in [1.807, 2.05) is 54.6 Å². The monoisotopic (exact) mass is 408 g/mol. The van der Waals surface area contributed by atoms with Crippen LogP contribution in [0.3, 0.4) is 0 Å². The summed E-state index contributed by atoms with van der Waals surface area (Å²) in [6, 6.07) is 15.4. The van der Waals surface area contributed by atoms with E-state index in [2.05, 4.69) is 0 Å². The van der Waals surface area contributed by atoms with Crippen molar-refractivity contribution in [3.8, 4) is 0 Å². The Morgan fingerprint density at radius 3 is 2.37 bits per heavy atom. The molecule has 2 amide bonds. The van der Waals surface area contributed by atoms with E-state index in [1.54, 1.807) is 0 Å². The highest BCUT2D eigenvalue weighted by molar-refractivity contribution is 5.90. The van der Waals surface area contributed by atoms with Crippen molar-refractivity contribution in [2.75, 3.05) is 6.54 Å². The lowest BCUT2D eigenvalue weighted by atomic mass is 9.93. The number of rotatable bonds is 4. The van der Waals surface area contributed by atoms with Gasteiger partial charge in [-0.3, -0.25) is 9.69 Å². The van der Waals surface area contributed by atoms with Gasteiger partial charge in [0.15, 0.2) is 0 Å². The molecule has 0 aliphatic carbocycles. The molecule has 1 fully saturated rings. The maximum absolute atomic E-state index is 13.3. The highest BCUT2D eigenvalue weighted by Gasteiger charge is 2.42. The molecule has 2 aliphatic heterocycles. The van der Waals surface area contributed by atoms with Gasteiger partial charge in [0.2, 0.25) is 5.91 Å². The normalized spacial score (nSPS) is 20.5. The Balaban J connectivity index is 1.56. The third-order valence-electron chi connectivity index (χ3n) is 5.79. The number of hydrogen-bond acceptors (Lipinski definition) is 4. The van der Waals surface area contributed by atoms with Crippen LogP contribution < -0.4 is 0 Å². The molecule has 7 heteroatoms. The lowest BCUT2D eigenvalue weighted by Crippen LogP contribution is -2.55. The van der Waals surface area contributed by atoms with Gasteiger partial charge in [-0.15, -0.1) is 0 Å². The minimum absolute atomic E-state index is 0.111. The average Bonchev–Trinajstić information content (AvgIpc) is 3.27. The molecule has 30 heavy (non-hydrogen) atoms. The first-order valence-corrected chi connectivity index (χ1v) is 10.1. The molecule has 0 radical (unpaired) electrons. The molecule has 2 heterocycles. The Morgan fingerprint density at radius 1 is 0.933 bits per heavy atom. The summed E-state index contributed by atoms with van der Waals surface area (Å²) in [7, 11) is 0. The Kier molecular flexibility index (Phi) is 5.70. The first-order chi connectivity index (χ1) is 14.5. The molecule has 4 rings (SSSR count). The Hall–Kier alpha value is -3.35. The highest BCUT2D eigenvalue weighted by Crippen LogP contribution is 2.28. The molecule has 156 valence electrons. The van der Waals surface area contributed by atoms with Crippen LogP contribution in [0.15, 0.2) is 54.6 Å². The predicted octanol–water partition coefficient (Wildman–Crippen LogP) is 2.83. The largest absolute Gasteiger partial charge is 0.480 e. The molecular formula is C23H24N2O5. The fraction of sp³-hybridized carbons (Fsp3) is 0.348. The zero-order chi connectivity index (χ0) is 21.1. The number of nitrogens with zero attached hydrogens (tertiary/aromatic N) is 2. The Bertz CT molecular complexity index is 946. The first-order valence-electron chi connectivity index (χ1n) is 10.1. The Morgan fingerprint density at radius 2 is 1.63 bits per heavy atom. The second-order valence-electron chi connectivity index (χ2n) is 7.68. The van der Waals surface area contributed by atoms with Crippen LogP contribution in [0.5, 0.6) is 0 Å². The molecule has 0 aromatic heterocycles. The van der Waals surface area contributed by atoms with Crippen LogP contribution in [0.1, 0.15) is 29.5 Å². The van der Waals surface area contributed by atoms with Gasteiger partial charge in [-0.2, -0.15) is 0 Å². The van der Waals surface area contributed by atoms with Gasteiger partial charge < -0.3 is 14.7 Å². The second kappa shape index (κ2) is 8.57. The van der Waals surface area contributed by atoms with Crippen LogP contribution in [0.4, 0.5) is 4.79 Å². The number of amides is 2. The average molecular weight is 408 g/mol. The number of carbonyl (C=O) groups excluding carboxylic acids is 2. The maximum Gasteiger partial charge on any atom is 0.411 e. The van der Waals surface area contributed by atoms with E-state index in [0.717, 1.165) is 16.7 Å². The summed E-state index contributed by atoms with van der Waals surface area (Å²) in [4.78, 5) is 40.7. The van der Waals surface area contributed by atoms with Gasteiger partial charge >= 0.3 is 12.1 Å². The molecule has 0 unspecified atom stereocenters. The third-order valence-corrected chi connectivity index (χ3v) is 5.79. The first kappa shape index (κ1) is 19.9. The number of fused-ring (bicyclic) bond motifs is 1. The second-order valence-corrected chi connectivity index (χ2v) is 7.68. The van der Waals surface area contributed by atoms with Crippen molar-refractivity contribution in [1.82, 2.24) is 9.80 Å². The summed E-state index contributed by atoms with van der Waals surface area (Å²) < 4.78 is 5.50. The molecule has 0 bridgehead atoms. The SMILES string of the molecule is O=C(O)[C@@H]1CCCN1C(=O)[C@H]1Cc2ccccc2CN1C(=O)OCc1ccccc1. The summed E-state index contributed by atoms with van der Waals surface area (Å²) in [5, 5.41) is 9.47. The van der Waals surface area contributed by atoms with E-state index in [0.29, 0.717) is 25.8 Å². The van der Waals surface area contributed by atoms with Crippen molar-refractivity contribution in [3.05, 3.63) is 71.3 Å². The standard InChI is InChI=1S/C23H24N2O5/c26-21(24-12-6-11-19(24)22(27)28)20-13-17-9-4-5-10-18(17)14-25(20)23(29)30-15-16-7-2-1-3-8-16/h1-5,7-10,19-20H,6,11-15H2,(H,27,28)/t19-,20+/m0/s1. The van der Waals surface area contributed by atoms with Crippen molar-refractivity contribution in [1.29, 1.82) is 0 Å². The summed E-state index contributed by atoms with van der Waals surface area (Å²) >= 11 is 0. The third kappa shape index (κ3) is 4.01. The van der Waals surface area contributed by atoms with Gasteiger partial charge in [-0.1, -0.05) is 54.6 Å². The quantitative estimate of drug-likeness (QED) is 0.841. The van der Waals surface area contributed by atoms with E-state index in [9.17, 15) is 19.5 Å². The van der Waals surface area contributed by atoms with Gasteiger partial charge in [-0.25, -0.2) is 9.59 Å². The van der Waals surface area contributed by atoms with E-state index in [4.69, 9.17) is 4.74 Å². The van der Waals surface area contributed by atoms with Crippen molar-refractivity contribution in [3.63, 3.8) is 0 Å². The van der Waals surface area contributed by atoms with E-state index in [-0.39, 0.29) is 19.1 Å². The number of aliphatic carboxylic acids is 1. The van der Waals surface area contributed by atoms with Crippen molar-refractivity contribution >= 4 is 18.0 Å². The predicted molar refractivity (Wildman–Crippen MR) is 108 cm³/mol. The van der Waals surface area contributed by atoms with Crippen molar-refractivity contribution < 1.29 is 24.2 Å². The van der Waals surface area contributed by atoms with Gasteiger partial charge in [0, 0.05) is 13.0 Å². The lowest BCUT2D eigenvalue weighted by molar-refractivity contribution is -0.150. The van der Waals surface area contributed by atoms with Crippen LogP contribution in [-0.2, 0) is 33.9 Å². The zero-order valence-corrected chi connectivity index (χ0v) is 16.6. The minimum Gasteiger partial charge on any atom is -0.480 e. The van der Waals surface area contributed by atoms with Gasteiger partial charge in [0.05, 0.1) is 6.54 Å². The molecule has 0 spiro atoms. The molecule has 0 saturated carbocycles. The van der Waals surface area contributed by atoms with E-state index < -0.39 is 24.1 Å². The van der Waals surface area contributed by atoms with Gasteiger partial charge in [0.1, 0.15) is 18.7 Å². The van der Waals surface area contributed by atoms with Crippen LogP contribution in [0.25, 0.3) is 0 Å². The number of likely N-dealkylation sites (tertiary alicyclic amines) is 1. The van der Waals surface area contributed by atoms with Crippen LogP contribution in [-0.4, -0.2) is 51.5 Å². The number of carbonyl (C=O) groups is 3. The van der Waals surface area contributed by atoms with Gasteiger partial charge in [0.25, 0.3) is 0 Å². The fourth-order valence-electron chi connectivity index (χ4n) is 4.22. The summed E-state index contributed by atoms with van der Waals surface area (Å²) in [6.07, 6.45) is 0.851. The minimum atomic E-state index is -1.00. The molecule has 2 atom stereocenters. The molecule has 1 saturated heterocycles. The van der Waals surface area contributed by atoms with Crippen LogP contribution in [0, 0.1) is 0 Å². The van der Waals surface area contributed by atoms with Crippen molar-refractivity contribution in [2.24, 2.45) is 0 Å². The smallest absolute Gasteiger partial charge is 0.411 e. The number of carboxylic acid groups (broad SMARTS) is 1. The van der Waals surface area contributed by atoms with Crippen LogP contribution >= 0.6 is 0 Å².